The highest BCUT2D eigenvalue weighted by Gasteiger charge is 2.12. The van der Waals surface area contributed by atoms with E-state index < -0.39 is 0 Å². The Morgan fingerprint density at radius 3 is 2.32 bits per heavy atom. The van der Waals surface area contributed by atoms with Gasteiger partial charge in [0.2, 0.25) is 0 Å². The molecular formula is C22H25Cl3N2O. The molecule has 3 rings (SSSR count). The van der Waals surface area contributed by atoms with E-state index >= 15 is 0 Å². The molecule has 0 radical (unpaired) electrons. The highest BCUT2D eigenvalue weighted by Crippen LogP contribution is 2.33. The third-order valence-corrected chi connectivity index (χ3v) is 5.77. The van der Waals surface area contributed by atoms with Gasteiger partial charge in [-0.3, -0.25) is 0 Å². The Bertz CT molecular complexity index is 885. The second kappa shape index (κ2) is 10.4. The molecule has 3 nitrogen and oxygen atoms in total. The minimum Gasteiger partial charge on any atom is -0.494 e. The van der Waals surface area contributed by atoms with Crippen LogP contribution < -0.4 is 4.74 Å². The lowest BCUT2D eigenvalue weighted by atomic mass is 10.1. The van der Waals surface area contributed by atoms with E-state index in [1.165, 1.54) is 38.5 Å². The number of H-pyrrole nitrogens is 1. The zero-order chi connectivity index (χ0) is 19.9. The van der Waals surface area contributed by atoms with Crippen molar-refractivity contribution in [2.24, 2.45) is 0 Å². The van der Waals surface area contributed by atoms with Crippen molar-refractivity contribution in [3.8, 4) is 17.1 Å². The van der Waals surface area contributed by atoms with Gasteiger partial charge in [-0.05, 0) is 36.8 Å². The number of halogens is 3. The van der Waals surface area contributed by atoms with Crippen molar-refractivity contribution in [3.63, 3.8) is 0 Å². The third-order valence-electron chi connectivity index (χ3n) is 4.74. The molecule has 1 N–H and O–H groups in total. The number of imidazole rings is 1. The molecule has 0 unspecified atom stereocenters. The first-order valence-corrected chi connectivity index (χ1v) is 11.0. The van der Waals surface area contributed by atoms with Gasteiger partial charge in [-0.1, -0.05) is 80.3 Å². The van der Waals surface area contributed by atoms with Crippen molar-refractivity contribution in [1.82, 2.24) is 9.97 Å². The highest BCUT2D eigenvalue weighted by molar-refractivity contribution is 6.42. The quantitative estimate of drug-likeness (QED) is 0.322. The van der Waals surface area contributed by atoms with Crippen molar-refractivity contribution in [2.75, 3.05) is 6.61 Å². The van der Waals surface area contributed by atoms with E-state index in [1.807, 2.05) is 18.2 Å². The maximum atomic E-state index is 6.47. The predicted octanol–water partition coefficient (Wildman–Crippen LogP) is 8.32. The van der Waals surface area contributed by atoms with Crippen molar-refractivity contribution < 1.29 is 4.74 Å². The lowest BCUT2D eigenvalue weighted by Gasteiger charge is -2.08. The molecule has 0 atom stereocenters. The van der Waals surface area contributed by atoms with Crippen LogP contribution in [-0.4, -0.2) is 16.6 Å². The van der Waals surface area contributed by atoms with Crippen LogP contribution in [0.25, 0.3) is 22.4 Å². The zero-order valence-corrected chi connectivity index (χ0v) is 18.3. The molecule has 1 heterocycles. The minimum atomic E-state index is 0.479. The van der Waals surface area contributed by atoms with Crippen molar-refractivity contribution in [3.05, 3.63) is 45.4 Å². The fourth-order valence-electron chi connectivity index (χ4n) is 3.16. The Kier molecular flexibility index (Phi) is 7.90. The number of nitrogens with one attached hydrogen (secondary N) is 1. The number of fused-ring (bicyclic) bond motifs is 1. The number of nitrogens with zero attached hydrogens (tertiary/aromatic N) is 1. The average Bonchev–Trinajstić information content (AvgIpc) is 3.06. The molecule has 1 aromatic heterocycles. The van der Waals surface area contributed by atoms with E-state index in [2.05, 4.69) is 16.9 Å². The number of benzene rings is 2. The molecular weight excluding hydrogens is 415 g/mol. The van der Waals surface area contributed by atoms with Gasteiger partial charge in [0.25, 0.3) is 0 Å². The summed E-state index contributed by atoms with van der Waals surface area (Å²) < 4.78 is 5.85. The van der Waals surface area contributed by atoms with Gasteiger partial charge in [-0.15, -0.1) is 0 Å². The maximum absolute atomic E-state index is 6.47. The SMILES string of the molecule is CCCCCCCCCOc1ccc(-c2nc3cc(Cl)c(Cl)cc3[nH]2)c(Cl)c1. The van der Waals surface area contributed by atoms with Gasteiger partial charge in [-0.25, -0.2) is 4.98 Å². The van der Waals surface area contributed by atoms with E-state index in [0.29, 0.717) is 27.5 Å². The van der Waals surface area contributed by atoms with Gasteiger partial charge in [0.1, 0.15) is 11.6 Å². The molecule has 3 aromatic rings. The molecule has 0 fully saturated rings. The van der Waals surface area contributed by atoms with Gasteiger partial charge in [0.15, 0.2) is 0 Å². The first-order chi connectivity index (χ1) is 13.6. The summed E-state index contributed by atoms with van der Waals surface area (Å²) in [5.74, 6) is 1.46. The van der Waals surface area contributed by atoms with E-state index in [4.69, 9.17) is 39.5 Å². The summed E-state index contributed by atoms with van der Waals surface area (Å²) in [6, 6.07) is 9.19. The van der Waals surface area contributed by atoms with Crippen LogP contribution in [0, 0.1) is 0 Å². The third kappa shape index (κ3) is 5.56. The van der Waals surface area contributed by atoms with Gasteiger partial charge < -0.3 is 9.72 Å². The van der Waals surface area contributed by atoms with E-state index in [1.54, 1.807) is 12.1 Å². The summed E-state index contributed by atoms with van der Waals surface area (Å²) in [6.07, 6.45) is 8.85. The molecule has 0 bridgehead atoms. The van der Waals surface area contributed by atoms with Crippen LogP contribution in [0.5, 0.6) is 5.75 Å². The van der Waals surface area contributed by atoms with Crippen LogP contribution in [0.2, 0.25) is 15.1 Å². The van der Waals surface area contributed by atoms with Gasteiger partial charge in [-0.2, -0.15) is 0 Å². The largest absolute Gasteiger partial charge is 0.494 e. The van der Waals surface area contributed by atoms with Crippen LogP contribution >= 0.6 is 34.8 Å². The lowest BCUT2D eigenvalue weighted by Crippen LogP contribution is -1.97. The van der Waals surface area contributed by atoms with Crippen LogP contribution in [0.15, 0.2) is 30.3 Å². The van der Waals surface area contributed by atoms with E-state index in [9.17, 15) is 0 Å². The number of ether oxygens (including phenoxy) is 1. The number of aromatic amines is 1. The second-order valence-electron chi connectivity index (χ2n) is 6.98. The summed E-state index contributed by atoms with van der Waals surface area (Å²) >= 11 is 18.6. The molecule has 2 aromatic carbocycles. The Morgan fingerprint density at radius 1 is 0.857 bits per heavy atom. The van der Waals surface area contributed by atoms with Crippen LogP contribution in [0.3, 0.4) is 0 Å². The molecule has 6 heteroatoms. The molecule has 150 valence electrons. The summed E-state index contributed by atoms with van der Waals surface area (Å²) in [6.45, 7) is 2.95. The van der Waals surface area contributed by atoms with Crippen molar-refractivity contribution >= 4 is 45.8 Å². The Balaban J connectivity index is 1.57. The van der Waals surface area contributed by atoms with E-state index in [0.717, 1.165) is 28.8 Å². The Labute approximate surface area is 181 Å². The monoisotopic (exact) mass is 438 g/mol. The van der Waals surface area contributed by atoms with Crippen LogP contribution in [-0.2, 0) is 0 Å². The number of unbranched alkanes of at least 4 members (excludes halogenated alkanes) is 6. The van der Waals surface area contributed by atoms with Gasteiger partial charge >= 0.3 is 0 Å². The number of rotatable bonds is 10. The molecule has 0 aliphatic rings. The normalized spacial score (nSPS) is 11.3. The number of hydrogen-bond acceptors (Lipinski definition) is 2. The minimum absolute atomic E-state index is 0.479. The predicted molar refractivity (Wildman–Crippen MR) is 120 cm³/mol. The fourth-order valence-corrected chi connectivity index (χ4v) is 3.74. The number of hydrogen-bond donors (Lipinski definition) is 1. The molecule has 0 spiro atoms. The van der Waals surface area contributed by atoms with Gasteiger partial charge in [0.05, 0.1) is 32.7 Å². The van der Waals surface area contributed by atoms with Gasteiger partial charge in [0, 0.05) is 5.56 Å². The highest BCUT2D eigenvalue weighted by atomic mass is 35.5. The Hall–Kier alpha value is -1.42. The van der Waals surface area contributed by atoms with E-state index in [-0.39, 0.29) is 0 Å². The fraction of sp³-hybridized carbons (Fsp3) is 0.409. The molecule has 0 saturated carbocycles. The van der Waals surface area contributed by atoms with Crippen molar-refractivity contribution in [1.29, 1.82) is 0 Å². The van der Waals surface area contributed by atoms with Crippen LogP contribution in [0.1, 0.15) is 51.9 Å². The molecule has 28 heavy (non-hydrogen) atoms. The lowest BCUT2D eigenvalue weighted by molar-refractivity contribution is 0.304. The van der Waals surface area contributed by atoms with Crippen LogP contribution in [0.4, 0.5) is 0 Å². The van der Waals surface area contributed by atoms with Crippen molar-refractivity contribution in [2.45, 2.75) is 51.9 Å². The zero-order valence-electron chi connectivity index (χ0n) is 16.0. The summed E-state index contributed by atoms with van der Waals surface area (Å²) in [4.78, 5) is 7.81. The summed E-state index contributed by atoms with van der Waals surface area (Å²) in [5, 5.41) is 1.56. The summed E-state index contributed by atoms with van der Waals surface area (Å²) in [5.41, 5.74) is 2.38. The molecule has 0 aliphatic carbocycles. The topological polar surface area (TPSA) is 37.9 Å². The number of aromatic nitrogens is 2. The molecule has 0 amide bonds. The molecule has 0 aliphatic heterocycles. The second-order valence-corrected chi connectivity index (χ2v) is 8.20. The Morgan fingerprint density at radius 2 is 1.57 bits per heavy atom. The smallest absolute Gasteiger partial charge is 0.140 e. The summed E-state index contributed by atoms with van der Waals surface area (Å²) in [7, 11) is 0. The standard InChI is InChI=1S/C22H25Cl3N2O/c1-2-3-4-5-6-7-8-11-28-15-9-10-16(17(23)12-15)22-26-20-13-18(24)19(25)14-21(20)27-22/h9-10,12-14H,2-8,11H2,1H3,(H,26,27). The average molecular weight is 440 g/mol. The first kappa shape index (κ1) is 21.3. The maximum Gasteiger partial charge on any atom is 0.140 e. The first-order valence-electron chi connectivity index (χ1n) is 9.86. The molecule has 0 saturated heterocycles.